The molecular weight excluding hydrogens is 344 g/mol. The molecule has 0 amide bonds. The van der Waals surface area contributed by atoms with Gasteiger partial charge in [0.2, 0.25) is 0 Å². The first kappa shape index (κ1) is 20.1. The Morgan fingerprint density at radius 3 is 2.11 bits per heavy atom. The number of nitrogens with one attached hydrogen (secondary N) is 1. The number of nitriles is 1. The summed E-state index contributed by atoms with van der Waals surface area (Å²) in [4.78, 5) is 11.8. The number of hydrogen-bond donors (Lipinski definition) is 2. The van der Waals surface area contributed by atoms with Crippen LogP contribution in [0.5, 0.6) is 11.5 Å². The molecule has 0 spiro atoms. The molecule has 27 heavy (non-hydrogen) atoms. The quantitative estimate of drug-likeness (QED) is 0.719. The molecule has 0 saturated heterocycles. The van der Waals surface area contributed by atoms with E-state index in [1.807, 2.05) is 33.8 Å². The van der Waals surface area contributed by atoms with Crippen LogP contribution in [0.15, 0.2) is 42.5 Å². The fourth-order valence-corrected chi connectivity index (χ4v) is 2.50. The lowest BCUT2D eigenvalue weighted by atomic mass is 10.1. The van der Waals surface area contributed by atoms with Gasteiger partial charge < -0.3 is 19.9 Å². The van der Waals surface area contributed by atoms with Gasteiger partial charge in [-0.1, -0.05) is 6.07 Å². The highest BCUT2D eigenvalue weighted by molar-refractivity contribution is 5.79. The first-order valence-corrected chi connectivity index (χ1v) is 8.77. The molecule has 2 N–H and O–H groups in total. The zero-order valence-corrected chi connectivity index (χ0v) is 15.9. The van der Waals surface area contributed by atoms with Gasteiger partial charge in [0.25, 0.3) is 0 Å². The summed E-state index contributed by atoms with van der Waals surface area (Å²) < 4.78 is 11.6. The summed E-state index contributed by atoms with van der Waals surface area (Å²) >= 11 is 0. The molecule has 0 saturated carbocycles. The molecule has 0 aliphatic rings. The number of carboxylic acids is 1. The number of aliphatic carboxylic acids is 1. The maximum absolute atomic E-state index is 11.8. The number of nitrogens with zero attached hydrogens (tertiary/aromatic N) is 1. The topological polar surface area (TPSA) is 91.6 Å². The summed E-state index contributed by atoms with van der Waals surface area (Å²) in [5, 5.41) is 21.5. The molecule has 0 fully saturated rings. The third-order valence-electron chi connectivity index (χ3n) is 3.60. The molecule has 2 aromatic carbocycles. The zero-order valence-electron chi connectivity index (χ0n) is 15.9. The van der Waals surface area contributed by atoms with Crippen LogP contribution in [0, 0.1) is 11.3 Å². The molecule has 0 radical (unpaired) electrons. The van der Waals surface area contributed by atoms with Crippen LogP contribution in [0.25, 0.3) is 0 Å². The van der Waals surface area contributed by atoms with Gasteiger partial charge in [-0.05, 0) is 69.7 Å². The van der Waals surface area contributed by atoms with Gasteiger partial charge in [-0.2, -0.15) is 5.26 Å². The van der Waals surface area contributed by atoms with Gasteiger partial charge in [-0.25, -0.2) is 4.79 Å². The minimum Gasteiger partial charge on any atom is -0.487 e. The molecule has 0 aliphatic carbocycles. The highest BCUT2D eigenvalue weighted by atomic mass is 16.5. The average molecular weight is 368 g/mol. The number of anilines is 1. The molecule has 1 atom stereocenters. The summed E-state index contributed by atoms with van der Waals surface area (Å²) in [5.41, 5.74) is 1.66. The van der Waals surface area contributed by atoms with Gasteiger partial charge in [0.15, 0.2) is 17.5 Å². The summed E-state index contributed by atoms with van der Waals surface area (Å²) in [5.74, 6) is 0.0569. The van der Waals surface area contributed by atoms with Crippen molar-refractivity contribution in [1.29, 1.82) is 5.26 Å². The molecule has 0 heterocycles. The van der Waals surface area contributed by atoms with Crippen LogP contribution >= 0.6 is 0 Å². The highest BCUT2D eigenvalue weighted by Crippen LogP contribution is 2.33. The van der Waals surface area contributed by atoms with E-state index in [0.717, 1.165) is 0 Å². The van der Waals surface area contributed by atoms with Gasteiger partial charge in [-0.15, -0.1) is 0 Å². The second-order valence-electron chi connectivity index (χ2n) is 6.64. The van der Waals surface area contributed by atoms with Crippen molar-refractivity contribution in [2.24, 2.45) is 0 Å². The molecular formula is C21H24N2O4. The largest absolute Gasteiger partial charge is 0.487 e. The van der Waals surface area contributed by atoms with Gasteiger partial charge in [-0.3, -0.25) is 0 Å². The van der Waals surface area contributed by atoms with Crippen molar-refractivity contribution < 1.29 is 19.4 Å². The van der Waals surface area contributed by atoms with Crippen molar-refractivity contribution in [1.82, 2.24) is 0 Å². The molecule has 2 rings (SSSR count). The van der Waals surface area contributed by atoms with Crippen molar-refractivity contribution in [3.63, 3.8) is 0 Å². The number of hydrogen-bond acceptors (Lipinski definition) is 5. The van der Waals surface area contributed by atoms with E-state index in [9.17, 15) is 9.90 Å². The lowest BCUT2D eigenvalue weighted by Crippen LogP contribution is -2.21. The van der Waals surface area contributed by atoms with E-state index in [-0.39, 0.29) is 12.2 Å². The standard InChI is InChI=1S/C21H24N2O4/c1-13(2)26-18-10-7-16(11-19(18)27-14(3)4)20(21(24)25)23-17-8-5-15(12-22)6-9-17/h5-11,13-14,20,23H,1-4H3,(H,24,25). The van der Waals surface area contributed by atoms with Crippen LogP contribution in [0.3, 0.4) is 0 Å². The molecule has 0 aliphatic heterocycles. The Morgan fingerprint density at radius 1 is 1.00 bits per heavy atom. The lowest BCUT2D eigenvalue weighted by molar-refractivity contribution is -0.138. The highest BCUT2D eigenvalue weighted by Gasteiger charge is 2.22. The van der Waals surface area contributed by atoms with E-state index in [1.165, 1.54) is 0 Å². The molecule has 0 bridgehead atoms. The van der Waals surface area contributed by atoms with Crippen molar-refractivity contribution >= 4 is 11.7 Å². The fraction of sp³-hybridized carbons (Fsp3) is 0.333. The van der Waals surface area contributed by atoms with Gasteiger partial charge >= 0.3 is 5.97 Å². The van der Waals surface area contributed by atoms with Gasteiger partial charge in [0.1, 0.15) is 0 Å². The SMILES string of the molecule is CC(C)Oc1ccc(C(Nc2ccc(C#N)cc2)C(=O)O)cc1OC(C)C. The Kier molecular flexibility index (Phi) is 6.67. The van der Waals surface area contributed by atoms with E-state index in [4.69, 9.17) is 14.7 Å². The van der Waals surface area contributed by atoms with E-state index in [1.54, 1.807) is 42.5 Å². The molecule has 2 aromatic rings. The first-order chi connectivity index (χ1) is 12.8. The van der Waals surface area contributed by atoms with Crippen LogP contribution in [0.4, 0.5) is 5.69 Å². The first-order valence-electron chi connectivity index (χ1n) is 8.77. The number of benzene rings is 2. The number of carboxylic acid groups (broad SMARTS) is 1. The summed E-state index contributed by atoms with van der Waals surface area (Å²) in [6.45, 7) is 7.63. The third-order valence-corrected chi connectivity index (χ3v) is 3.60. The predicted octanol–water partition coefficient (Wildman–Crippen LogP) is 4.37. The Balaban J connectivity index is 2.34. The van der Waals surface area contributed by atoms with Crippen LogP contribution in [0.2, 0.25) is 0 Å². The average Bonchev–Trinajstić information content (AvgIpc) is 2.60. The molecule has 1 unspecified atom stereocenters. The summed E-state index contributed by atoms with van der Waals surface area (Å²) in [7, 11) is 0. The maximum Gasteiger partial charge on any atom is 0.330 e. The Bertz CT molecular complexity index is 823. The van der Waals surface area contributed by atoms with Crippen LogP contribution in [-0.2, 0) is 4.79 Å². The van der Waals surface area contributed by atoms with Crippen LogP contribution < -0.4 is 14.8 Å². The minimum absolute atomic E-state index is 0.0302. The molecule has 6 nitrogen and oxygen atoms in total. The fourth-order valence-electron chi connectivity index (χ4n) is 2.50. The van der Waals surface area contributed by atoms with E-state index >= 15 is 0 Å². The maximum atomic E-state index is 11.8. The van der Waals surface area contributed by atoms with E-state index in [0.29, 0.717) is 28.3 Å². The Morgan fingerprint density at radius 2 is 1.59 bits per heavy atom. The minimum atomic E-state index is -1.02. The molecule has 6 heteroatoms. The van der Waals surface area contributed by atoms with Gasteiger partial charge in [0, 0.05) is 5.69 Å². The smallest absolute Gasteiger partial charge is 0.330 e. The summed E-state index contributed by atoms with van der Waals surface area (Å²) in [6, 6.07) is 12.8. The number of rotatable bonds is 8. The monoisotopic (exact) mass is 368 g/mol. The third kappa shape index (κ3) is 5.65. The van der Waals surface area contributed by atoms with Crippen LogP contribution in [0.1, 0.15) is 44.9 Å². The summed E-state index contributed by atoms with van der Waals surface area (Å²) in [6.07, 6.45) is -0.109. The second kappa shape index (κ2) is 8.95. The molecule has 142 valence electrons. The number of carbonyl (C=O) groups is 1. The van der Waals surface area contributed by atoms with Gasteiger partial charge in [0.05, 0.1) is 23.8 Å². The number of ether oxygens (including phenoxy) is 2. The van der Waals surface area contributed by atoms with Crippen molar-refractivity contribution in [2.75, 3.05) is 5.32 Å². The zero-order chi connectivity index (χ0) is 20.0. The molecule has 0 aromatic heterocycles. The Hall–Kier alpha value is -3.20. The van der Waals surface area contributed by atoms with E-state index < -0.39 is 12.0 Å². The van der Waals surface area contributed by atoms with E-state index in [2.05, 4.69) is 5.32 Å². The second-order valence-corrected chi connectivity index (χ2v) is 6.64. The van der Waals surface area contributed by atoms with Crippen molar-refractivity contribution in [2.45, 2.75) is 45.9 Å². The normalized spacial score (nSPS) is 11.7. The lowest BCUT2D eigenvalue weighted by Gasteiger charge is -2.21. The predicted molar refractivity (Wildman–Crippen MR) is 103 cm³/mol. The Labute approximate surface area is 159 Å². The van der Waals surface area contributed by atoms with Crippen molar-refractivity contribution in [3.05, 3.63) is 53.6 Å². The van der Waals surface area contributed by atoms with Crippen molar-refractivity contribution in [3.8, 4) is 17.6 Å². The van der Waals surface area contributed by atoms with Crippen LogP contribution in [-0.4, -0.2) is 23.3 Å².